The molecule has 18 heavy (non-hydrogen) atoms. The van der Waals surface area contributed by atoms with Gasteiger partial charge in [0.05, 0.1) is 0 Å². The summed E-state index contributed by atoms with van der Waals surface area (Å²) in [5.74, 6) is 0.807. The predicted octanol–water partition coefficient (Wildman–Crippen LogP) is 1.99. The van der Waals surface area contributed by atoms with Crippen molar-refractivity contribution in [1.29, 1.82) is 5.41 Å². The fourth-order valence-electron chi connectivity index (χ4n) is 2.63. The molecule has 1 saturated heterocycles. The summed E-state index contributed by atoms with van der Waals surface area (Å²) in [5.41, 5.74) is 7.27. The molecule has 2 unspecified atom stereocenters. The zero-order chi connectivity index (χ0) is 13.1. The number of nitrogen functional groups attached to an aromatic ring is 1. The van der Waals surface area contributed by atoms with Crippen LogP contribution in [0.3, 0.4) is 0 Å². The van der Waals surface area contributed by atoms with Crippen LogP contribution in [-0.4, -0.2) is 28.3 Å². The minimum absolute atomic E-state index is 0.0586. The van der Waals surface area contributed by atoms with Crippen LogP contribution in [0.25, 0.3) is 0 Å². The van der Waals surface area contributed by atoms with E-state index in [2.05, 4.69) is 23.7 Å². The third kappa shape index (κ3) is 2.88. The van der Waals surface area contributed by atoms with Crippen LogP contribution in [0.4, 0.5) is 0 Å². The first-order valence-electron chi connectivity index (χ1n) is 6.60. The van der Waals surface area contributed by atoms with Crippen molar-refractivity contribution in [3.63, 3.8) is 0 Å². The number of rotatable bonds is 3. The number of pyridine rings is 1. The number of piperidine rings is 1. The van der Waals surface area contributed by atoms with Gasteiger partial charge >= 0.3 is 0 Å². The molecule has 0 bridgehead atoms. The van der Waals surface area contributed by atoms with Gasteiger partial charge in [0.1, 0.15) is 11.5 Å². The van der Waals surface area contributed by atoms with Crippen LogP contribution in [0.5, 0.6) is 0 Å². The molecule has 0 spiro atoms. The summed E-state index contributed by atoms with van der Waals surface area (Å²) < 4.78 is 0. The van der Waals surface area contributed by atoms with Crippen molar-refractivity contribution in [3.05, 3.63) is 29.6 Å². The van der Waals surface area contributed by atoms with E-state index in [0.717, 1.165) is 24.6 Å². The summed E-state index contributed by atoms with van der Waals surface area (Å²) in [4.78, 5) is 6.68. The Kier molecular flexibility index (Phi) is 3.97. The lowest BCUT2D eigenvalue weighted by molar-refractivity contribution is 0.117. The minimum Gasteiger partial charge on any atom is -0.382 e. The maximum absolute atomic E-state index is 7.58. The van der Waals surface area contributed by atoms with E-state index in [4.69, 9.17) is 11.1 Å². The molecule has 1 aromatic rings. The second-order valence-electron chi connectivity index (χ2n) is 5.39. The van der Waals surface area contributed by atoms with E-state index in [1.54, 1.807) is 6.20 Å². The van der Waals surface area contributed by atoms with Crippen LogP contribution < -0.4 is 5.73 Å². The molecule has 2 rings (SSSR count). The van der Waals surface area contributed by atoms with Crippen molar-refractivity contribution in [2.24, 2.45) is 11.7 Å². The number of nitrogens with one attached hydrogen (secondary N) is 1. The van der Waals surface area contributed by atoms with E-state index in [1.165, 1.54) is 12.8 Å². The predicted molar refractivity (Wildman–Crippen MR) is 73.5 cm³/mol. The summed E-state index contributed by atoms with van der Waals surface area (Å²) in [7, 11) is 0. The van der Waals surface area contributed by atoms with Crippen LogP contribution in [0.1, 0.15) is 37.9 Å². The highest BCUT2D eigenvalue weighted by Gasteiger charge is 2.23. The Morgan fingerprint density at radius 3 is 3.00 bits per heavy atom. The highest BCUT2D eigenvalue weighted by atomic mass is 15.2. The monoisotopic (exact) mass is 246 g/mol. The topological polar surface area (TPSA) is 66.0 Å². The van der Waals surface area contributed by atoms with Crippen molar-refractivity contribution in [3.8, 4) is 0 Å². The number of hydrogen-bond donors (Lipinski definition) is 2. The highest BCUT2D eigenvalue weighted by molar-refractivity contribution is 5.94. The Morgan fingerprint density at radius 2 is 2.28 bits per heavy atom. The molecule has 2 heterocycles. The molecule has 1 fully saturated rings. The van der Waals surface area contributed by atoms with Gasteiger partial charge in [-0.25, -0.2) is 0 Å². The molecule has 0 radical (unpaired) electrons. The molecule has 1 aliphatic heterocycles. The smallest absolute Gasteiger partial charge is 0.142 e. The summed E-state index contributed by atoms with van der Waals surface area (Å²) in [6, 6.07) is 4.54. The Bertz CT molecular complexity index is 430. The zero-order valence-corrected chi connectivity index (χ0v) is 11.2. The summed E-state index contributed by atoms with van der Waals surface area (Å²) >= 11 is 0. The molecule has 4 nitrogen and oxygen atoms in total. The molecule has 4 heteroatoms. The lowest BCUT2D eigenvalue weighted by Crippen LogP contribution is -2.40. The standard InChI is InChI=1S/C14H22N4/c1-10-5-6-11(2)18(8-10)9-12-4-3-7-17-13(12)14(15)16/h3-4,7,10-11H,5-6,8-9H2,1-2H3,(H3,15,16). The third-order valence-corrected chi connectivity index (χ3v) is 3.77. The van der Waals surface area contributed by atoms with E-state index in [0.29, 0.717) is 11.7 Å². The van der Waals surface area contributed by atoms with Crippen LogP contribution in [0.2, 0.25) is 0 Å². The molecular weight excluding hydrogens is 224 g/mol. The fourth-order valence-corrected chi connectivity index (χ4v) is 2.63. The third-order valence-electron chi connectivity index (χ3n) is 3.77. The molecule has 0 amide bonds. The number of likely N-dealkylation sites (tertiary alicyclic amines) is 1. The maximum Gasteiger partial charge on any atom is 0.142 e. The van der Waals surface area contributed by atoms with Gasteiger partial charge in [0.15, 0.2) is 0 Å². The van der Waals surface area contributed by atoms with Gasteiger partial charge in [0.2, 0.25) is 0 Å². The van der Waals surface area contributed by atoms with Gasteiger partial charge in [-0.1, -0.05) is 13.0 Å². The van der Waals surface area contributed by atoms with E-state index >= 15 is 0 Å². The zero-order valence-electron chi connectivity index (χ0n) is 11.2. The number of amidine groups is 1. The molecule has 1 aliphatic rings. The second-order valence-corrected chi connectivity index (χ2v) is 5.39. The van der Waals surface area contributed by atoms with Crippen LogP contribution in [0, 0.1) is 11.3 Å². The van der Waals surface area contributed by atoms with Crippen molar-refractivity contribution < 1.29 is 0 Å². The maximum atomic E-state index is 7.58. The Labute approximate surface area is 109 Å². The number of hydrogen-bond acceptors (Lipinski definition) is 3. The molecule has 0 saturated carbocycles. The van der Waals surface area contributed by atoms with E-state index < -0.39 is 0 Å². The summed E-state index contributed by atoms with van der Waals surface area (Å²) in [6.45, 7) is 6.53. The quantitative estimate of drug-likeness (QED) is 0.633. The Hall–Kier alpha value is -1.42. The van der Waals surface area contributed by atoms with E-state index in [-0.39, 0.29) is 5.84 Å². The van der Waals surface area contributed by atoms with Crippen molar-refractivity contribution in [2.45, 2.75) is 39.3 Å². The molecule has 3 N–H and O–H groups in total. The SMILES string of the molecule is CC1CCC(C)N(Cc2cccnc2C(=N)N)C1. The van der Waals surface area contributed by atoms with Gasteiger partial charge in [-0.3, -0.25) is 15.3 Å². The second kappa shape index (κ2) is 5.48. The van der Waals surface area contributed by atoms with Crippen molar-refractivity contribution in [1.82, 2.24) is 9.88 Å². The number of nitrogens with zero attached hydrogens (tertiary/aromatic N) is 2. The normalized spacial score (nSPS) is 25.0. The summed E-state index contributed by atoms with van der Waals surface area (Å²) in [5, 5.41) is 7.58. The van der Waals surface area contributed by atoms with Gasteiger partial charge in [-0.2, -0.15) is 0 Å². The highest BCUT2D eigenvalue weighted by Crippen LogP contribution is 2.23. The lowest BCUT2D eigenvalue weighted by Gasteiger charge is -2.37. The van der Waals surface area contributed by atoms with Crippen LogP contribution in [-0.2, 0) is 6.54 Å². The molecule has 98 valence electrons. The Morgan fingerprint density at radius 1 is 1.50 bits per heavy atom. The largest absolute Gasteiger partial charge is 0.382 e. The van der Waals surface area contributed by atoms with E-state index in [1.807, 2.05) is 12.1 Å². The van der Waals surface area contributed by atoms with Gasteiger partial charge in [0.25, 0.3) is 0 Å². The average Bonchev–Trinajstić information content (AvgIpc) is 2.34. The first-order chi connectivity index (χ1) is 8.58. The fraction of sp³-hybridized carbons (Fsp3) is 0.571. The molecular formula is C14H22N4. The van der Waals surface area contributed by atoms with Gasteiger partial charge in [0, 0.05) is 25.3 Å². The van der Waals surface area contributed by atoms with E-state index in [9.17, 15) is 0 Å². The molecule has 2 atom stereocenters. The first kappa shape index (κ1) is 13.0. The lowest BCUT2D eigenvalue weighted by atomic mass is 9.94. The molecule has 0 aliphatic carbocycles. The summed E-state index contributed by atoms with van der Waals surface area (Å²) in [6.07, 6.45) is 4.25. The van der Waals surface area contributed by atoms with Crippen molar-refractivity contribution in [2.75, 3.05) is 6.54 Å². The minimum atomic E-state index is 0.0586. The van der Waals surface area contributed by atoms with Gasteiger partial charge < -0.3 is 5.73 Å². The molecule has 0 aromatic carbocycles. The van der Waals surface area contributed by atoms with Crippen LogP contribution in [0.15, 0.2) is 18.3 Å². The average molecular weight is 246 g/mol. The van der Waals surface area contributed by atoms with Gasteiger partial charge in [-0.05, 0) is 37.3 Å². The molecule has 1 aromatic heterocycles. The number of nitrogens with two attached hydrogens (primary N) is 1. The van der Waals surface area contributed by atoms with Crippen LogP contribution >= 0.6 is 0 Å². The van der Waals surface area contributed by atoms with Gasteiger partial charge in [-0.15, -0.1) is 0 Å². The first-order valence-corrected chi connectivity index (χ1v) is 6.60. The number of aromatic nitrogens is 1. The Balaban J connectivity index is 2.15. The van der Waals surface area contributed by atoms with Crippen molar-refractivity contribution >= 4 is 5.84 Å².